The fourth-order valence-electron chi connectivity index (χ4n) is 3.74. The molecule has 1 aliphatic rings. The van der Waals surface area contributed by atoms with Crippen LogP contribution in [0.3, 0.4) is 0 Å². The van der Waals surface area contributed by atoms with E-state index >= 15 is 0 Å². The molecule has 2 heterocycles. The van der Waals surface area contributed by atoms with Crippen molar-refractivity contribution >= 4 is 17.3 Å². The minimum atomic E-state index is 0.401. The first-order valence-electron chi connectivity index (χ1n) is 10.5. The summed E-state index contributed by atoms with van der Waals surface area (Å²) in [5.41, 5.74) is 0. The Morgan fingerprint density at radius 3 is 2.82 bits per heavy atom. The van der Waals surface area contributed by atoms with Crippen molar-refractivity contribution in [2.24, 2.45) is 18.0 Å². The van der Waals surface area contributed by atoms with Crippen molar-refractivity contribution in [1.29, 1.82) is 0 Å². The van der Waals surface area contributed by atoms with E-state index in [2.05, 4.69) is 45.3 Å². The summed E-state index contributed by atoms with van der Waals surface area (Å²) in [6, 6.07) is 4.63. The molecule has 7 heteroatoms. The minimum absolute atomic E-state index is 0.401. The quantitative estimate of drug-likeness (QED) is 0.514. The maximum Gasteiger partial charge on any atom is 0.192 e. The molecule has 0 bridgehead atoms. The van der Waals surface area contributed by atoms with E-state index in [1.54, 1.807) is 11.3 Å². The van der Waals surface area contributed by atoms with E-state index in [0.717, 1.165) is 30.1 Å². The zero-order chi connectivity index (χ0) is 19.8. The highest BCUT2D eigenvalue weighted by molar-refractivity contribution is 7.09. The second-order valence-corrected chi connectivity index (χ2v) is 8.98. The molecule has 6 nitrogen and oxygen atoms in total. The summed E-state index contributed by atoms with van der Waals surface area (Å²) in [5.74, 6) is 3.56. The van der Waals surface area contributed by atoms with Gasteiger partial charge in [-0.15, -0.1) is 21.5 Å². The van der Waals surface area contributed by atoms with Gasteiger partial charge in [0.05, 0.1) is 6.54 Å². The Morgan fingerprint density at radius 2 is 2.14 bits per heavy atom. The van der Waals surface area contributed by atoms with Crippen LogP contribution < -0.4 is 10.6 Å². The Bertz CT molecular complexity index is 730. The molecule has 1 aliphatic carbocycles. The summed E-state index contributed by atoms with van der Waals surface area (Å²) in [5, 5.41) is 17.5. The predicted octanol–water partition coefficient (Wildman–Crippen LogP) is 4.17. The van der Waals surface area contributed by atoms with Crippen LogP contribution >= 0.6 is 11.3 Å². The lowest BCUT2D eigenvalue weighted by molar-refractivity contribution is 0.322. The third kappa shape index (κ3) is 6.33. The summed E-state index contributed by atoms with van der Waals surface area (Å²) in [6.45, 7) is 5.53. The molecule has 28 heavy (non-hydrogen) atoms. The second-order valence-electron chi connectivity index (χ2n) is 7.95. The van der Waals surface area contributed by atoms with Crippen LogP contribution in [-0.2, 0) is 20.1 Å². The van der Waals surface area contributed by atoms with Gasteiger partial charge in [-0.25, -0.2) is 4.99 Å². The molecule has 0 aliphatic heterocycles. The van der Waals surface area contributed by atoms with E-state index in [9.17, 15) is 0 Å². The van der Waals surface area contributed by atoms with Crippen LogP contribution in [0.2, 0.25) is 0 Å². The number of hydrogen-bond donors (Lipinski definition) is 2. The molecule has 0 aromatic carbocycles. The number of thiophene rings is 1. The summed E-state index contributed by atoms with van der Waals surface area (Å²) in [6.07, 6.45) is 9.58. The van der Waals surface area contributed by atoms with Gasteiger partial charge in [0.15, 0.2) is 11.8 Å². The molecule has 3 rings (SSSR count). The molecule has 1 unspecified atom stereocenters. The molecule has 0 radical (unpaired) electrons. The minimum Gasteiger partial charge on any atom is -0.354 e. The number of aliphatic imine (C=N–C) groups is 1. The van der Waals surface area contributed by atoms with Crippen LogP contribution in [0.1, 0.15) is 68.4 Å². The van der Waals surface area contributed by atoms with Crippen molar-refractivity contribution in [2.75, 3.05) is 0 Å². The lowest BCUT2D eigenvalue weighted by atomic mass is 9.85. The van der Waals surface area contributed by atoms with Crippen molar-refractivity contribution < 1.29 is 0 Å². The smallest absolute Gasteiger partial charge is 0.192 e. The topological polar surface area (TPSA) is 67.1 Å². The lowest BCUT2D eigenvalue weighted by Gasteiger charge is -2.24. The van der Waals surface area contributed by atoms with Gasteiger partial charge in [-0.2, -0.15) is 0 Å². The molecule has 1 atom stereocenters. The molecule has 0 amide bonds. The number of hydrogen-bond acceptors (Lipinski definition) is 4. The number of nitrogens with one attached hydrogen (secondary N) is 2. The number of nitrogens with zero attached hydrogens (tertiary/aromatic N) is 4. The number of guanidine groups is 1. The molecular weight excluding hydrogens is 368 g/mol. The van der Waals surface area contributed by atoms with Crippen molar-refractivity contribution in [3.63, 3.8) is 0 Å². The van der Waals surface area contributed by atoms with Crippen LogP contribution in [0.5, 0.6) is 0 Å². The first-order chi connectivity index (χ1) is 13.6. The highest BCUT2D eigenvalue weighted by Crippen LogP contribution is 2.27. The van der Waals surface area contributed by atoms with Crippen molar-refractivity contribution in [3.8, 4) is 0 Å². The van der Waals surface area contributed by atoms with E-state index in [-0.39, 0.29) is 0 Å². The standard InChI is InChI=1S/C21H34N6S/c1-16(11-12-18-8-5-4-6-9-18)24-21(22-14-19-10-7-13-28-19)23-15-20-26-25-17(2)27(20)3/h7,10,13,16,18H,4-6,8-9,11-12,14-15H2,1-3H3,(H2,22,23,24). The van der Waals surface area contributed by atoms with Crippen LogP contribution in [0.4, 0.5) is 0 Å². The van der Waals surface area contributed by atoms with E-state index < -0.39 is 0 Å². The molecule has 1 fully saturated rings. The monoisotopic (exact) mass is 402 g/mol. The Balaban J connectivity index is 1.56. The highest BCUT2D eigenvalue weighted by Gasteiger charge is 2.15. The number of aryl methyl sites for hydroxylation is 1. The molecule has 0 spiro atoms. The van der Waals surface area contributed by atoms with Gasteiger partial charge in [-0.1, -0.05) is 38.2 Å². The van der Waals surface area contributed by atoms with E-state index in [0.29, 0.717) is 12.6 Å². The highest BCUT2D eigenvalue weighted by atomic mass is 32.1. The molecular formula is C21H34N6S. The third-order valence-electron chi connectivity index (χ3n) is 5.69. The first kappa shape index (κ1) is 20.8. The summed E-state index contributed by atoms with van der Waals surface area (Å²) >= 11 is 1.76. The SMILES string of the molecule is Cc1nnc(CN=C(NCc2cccs2)NC(C)CCC2CCCCC2)n1C. The molecule has 2 aromatic rings. The summed E-state index contributed by atoms with van der Waals surface area (Å²) in [4.78, 5) is 6.08. The number of aromatic nitrogens is 3. The van der Waals surface area contributed by atoms with Gasteiger partial charge < -0.3 is 15.2 Å². The molecule has 0 saturated heterocycles. The second kappa shape index (κ2) is 10.6. The van der Waals surface area contributed by atoms with Gasteiger partial charge in [0, 0.05) is 18.0 Å². The van der Waals surface area contributed by atoms with Gasteiger partial charge in [-0.3, -0.25) is 0 Å². The van der Waals surface area contributed by atoms with E-state index in [4.69, 9.17) is 4.99 Å². The largest absolute Gasteiger partial charge is 0.354 e. The van der Waals surface area contributed by atoms with Crippen LogP contribution in [-0.4, -0.2) is 26.8 Å². The summed E-state index contributed by atoms with van der Waals surface area (Å²) in [7, 11) is 1.99. The average Bonchev–Trinajstić information content (AvgIpc) is 3.34. The van der Waals surface area contributed by atoms with Gasteiger partial charge in [0.2, 0.25) is 0 Å². The average molecular weight is 403 g/mol. The van der Waals surface area contributed by atoms with Gasteiger partial charge in [0.1, 0.15) is 12.4 Å². The van der Waals surface area contributed by atoms with Crippen molar-refractivity contribution in [3.05, 3.63) is 34.0 Å². The zero-order valence-corrected chi connectivity index (χ0v) is 18.3. The van der Waals surface area contributed by atoms with Gasteiger partial charge in [-0.05, 0) is 44.1 Å². The fourth-order valence-corrected chi connectivity index (χ4v) is 4.39. The van der Waals surface area contributed by atoms with Crippen molar-refractivity contribution in [1.82, 2.24) is 25.4 Å². The Labute approximate surface area is 172 Å². The third-order valence-corrected chi connectivity index (χ3v) is 6.56. The molecule has 1 saturated carbocycles. The Morgan fingerprint density at radius 1 is 1.32 bits per heavy atom. The lowest BCUT2D eigenvalue weighted by Crippen LogP contribution is -2.42. The normalized spacial score (nSPS) is 16.9. The van der Waals surface area contributed by atoms with Gasteiger partial charge >= 0.3 is 0 Å². The van der Waals surface area contributed by atoms with E-state index in [1.807, 2.05) is 18.5 Å². The molecule has 154 valence electrons. The predicted molar refractivity (Wildman–Crippen MR) is 116 cm³/mol. The molecule has 2 N–H and O–H groups in total. The number of rotatable bonds is 8. The Hall–Kier alpha value is -1.89. The van der Waals surface area contributed by atoms with Crippen LogP contribution in [0.25, 0.3) is 0 Å². The van der Waals surface area contributed by atoms with Crippen molar-refractivity contribution in [2.45, 2.75) is 77.9 Å². The fraction of sp³-hybridized carbons (Fsp3) is 0.667. The Kier molecular flexibility index (Phi) is 7.89. The first-order valence-corrected chi connectivity index (χ1v) is 11.4. The van der Waals surface area contributed by atoms with Gasteiger partial charge in [0.25, 0.3) is 0 Å². The maximum absolute atomic E-state index is 4.78. The van der Waals surface area contributed by atoms with Crippen LogP contribution in [0.15, 0.2) is 22.5 Å². The maximum atomic E-state index is 4.78. The zero-order valence-electron chi connectivity index (χ0n) is 17.4. The van der Waals surface area contributed by atoms with E-state index in [1.165, 1.54) is 49.8 Å². The molecule has 2 aromatic heterocycles. The summed E-state index contributed by atoms with van der Waals surface area (Å²) < 4.78 is 1.99. The van der Waals surface area contributed by atoms with Crippen LogP contribution in [0, 0.1) is 12.8 Å².